The molecule has 2 nitrogen and oxygen atoms in total. The zero-order valence-electron chi connectivity index (χ0n) is 19.5. The SMILES string of the molecule is CC1CCCCC1N=Cc1cc(-c2ccccc2)cc(C23CC4CC(CC(C4)C2)C3)c1O. The summed E-state index contributed by atoms with van der Waals surface area (Å²) in [6, 6.07) is 15.6. The maximum Gasteiger partial charge on any atom is 0.128 e. The monoisotopic (exact) mass is 427 g/mol. The van der Waals surface area contributed by atoms with Gasteiger partial charge in [0, 0.05) is 17.3 Å². The molecule has 2 atom stereocenters. The topological polar surface area (TPSA) is 32.6 Å². The quantitative estimate of drug-likeness (QED) is 0.503. The molecule has 0 amide bonds. The molecule has 4 bridgehead atoms. The van der Waals surface area contributed by atoms with Crippen molar-refractivity contribution in [2.75, 3.05) is 0 Å². The van der Waals surface area contributed by atoms with Crippen LogP contribution in [0.4, 0.5) is 0 Å². The molecule has 5 fully saturated rings. The Kier molecular flexibility index (Phi) is 5.16. The van der Waals surface area contributed by atoms with Crippen LogP contribution in [-0.4, -0.2) is 17.4 Å². The van der Waals surface area contributed by atoms with Gasteiger partial charge in [-0.25, -0.2) is 0 Å². The van der Waals surface area contributed by atoms with Gasteiger partial charge in [-0.15, -0.1) is 0 Å². The smallest absolute Gasteiger partial charge is 0.128 e. The number of nitrogens with zero attached hydrogens (tertiary/aromatic N) is 1. The number of rotatable bonds is 4. The lowest BCUT2D eigenvalue weighted by Crippen LogP contribution is -2.48. The largest absolute Gasteiger partial charge is 0.507 e. The third-order valence-corrected chi connectivity index (χ3v) is 9.33. The number of aliphatic imine (C=N–C) groups is 1. The summed E-state index contributed by atoms with van der Waals surface area (Å²) in [5.41, 5.74) is 4.78. The highest BCUT2D eigenvalue weighted by atomic mass is 16.3. The molecule has 32 heavy (non-hydrogen) atoms. The van der Waals surface area contributed by atoms with Crippen molar-refractivity contribution in [1.82, 2.24) is 0 Å². The summed E-state index contributed by atoms with van der Waals surface area (Å²) in [5.74, 6) is 3.74. The molecule has 2 aromatic carbocycles. The van der Waals surface area contributed by atoms with E-state index in [1.807, 2.05) is 6.21 Å². The first kappa shape index (κ1) is 20.5. The fraction of sp³-hybridized carbons (Fsp3) is 0.567. The molecule has 168 valence electrons. The van der Waals surface area contributed by atoms with Gasteiger partial charge in [0.05, 0.1) is 6.04 Å². The standard InChI is InChI=1S/C30H37NO/c1-20-7-5-6-10-28(20)31-19-26-14-25(24-8-3-2-4-9-24)15-27(29(26)32)30-16-21-11-22(17-30)13-23(12-21)18-30/h2-4,8-9,14-15,19-23,28,32H,5-7,10-13,16-18H2,1H3. The lowest BCUT2D eigenvalue weighted by atomic mass is 9.48. The Bertz CT molecular complexity index is 972. The Morgan fingerprint density at radius 2 is 1.53 bits per heavy atom. The van der Waals surface area contributed by atoms with Gasteiger partial charge in [-0.2, -0.15) is 0 Å². The van der Waals surface area contributed by atoms with Crippen molar-refractivity contribution >= 4 is 6.21 Å². The highest BCUT2D eigenvalue weighted by Gasteiger charge is 2.52. The van der Waals surface area contributed by atoms with Crippen molar-refractivity contribution < 1.29 is 5.11 Å². The van der Waals surface area contributed by atoms with Crippen molar-refractivity contribution in [2.24, 2.45) is 28.7 Å². The summed E-state index contributed by atoms with van der Waals surface area (Å²) in [6.07, 6.45) is 15.1. The first-order chi connectivity index (χ1) is 15.6. The summed E-state index contributed by atoms with van der Waals surface area (Å²) >= 11 is 0. The van der Waals surface area contributed by atoms with Gasteiger partial charge < -0.3 is 5.11 Å². The van der Waals surface area contributed by atoms with E-state index in [9.17, 15) is 5.11 Å². The Morgan fingerprint density at radius 3 is 2.19 bits per heavy atom. The molecule has 0 radical (unpaired) electrons. The molecule has 2 heteroatoms. The first-order valence-electron chi connectivity index (χ1n) is 13.1. The number of benzene rings is 2. The third-order valence-electron chi connectivity index (χ3n) is 9.33. The van der Waals surface area contributed by atoms with E-state index in [0.29, 0.717) is 17.7 Å². The van der Waals surface area contributed by atoms with Crippen molar-refractivity contribution in [2.45, 2.75) is 82.6 Å². The van der Waals surface area contributed by atoms with Crippen molar-refractivity contribution in [3.63, 3.8) is 0 Å². The zero-order valence-corrected chi connectivity index (χ0v) is 19.5. The van der Waals surface area contributed by atoms with Crippen LogP contribution in [0.3, 0.4) is 0 Å². The molecule has 5 saturated carbocycles. The Morgan fingerprint density at radius 1 is 0.875 bits per heavy atom. The minimum Gasteiger partial charge on any atom is -0.507 e. The summed E-state index contributed by atoms with van der Waals surface area (Å²) in [5, 5.41) is 11.6. The first-order valence-corrected chi connectivity index (χ1v) is 13.1. The molecule has 0 heterocycles. The fourth-order valence-electron chi connectivity index (χ4n) is 8.09. The summed E-state index contributed by atoms with van der Waals surface area (Å²) in [6.45, 7) is 2.34. The minimum atomic E-state index is 0.171. The van der Waals surface area contributed by atoms with E-state index in [1.165, 1.54) is 80.9 Å². The number of aromatic hydroxyl groups is 1. The number of hydrogen-bond acceptors (Lipinski definition) is 2. The molecule has 2 unspecified atom stereocenters. The van der Waals surface area contributed by atoms with Crippen LogP contribution < -0.4 is 0 Å². The molecule has 2 aromatic rings. The predicted molar refractivity (Wildman–Crippen MR) is 132 cm³/mol. The second-order valence-electron chi connectivity index (χ2n) is 11.6. The van der Waals surface area contributed by atoms with E-state index >= 15 is 0 Å². The van der Waals surface area contributed by atoms with Crippen LogP contribution in [0.5, 0.6) is 5.75 Å². The molecule has 1 N–H and O–H groups in total. The van der Waals surface area contributed by atoms with E-state index in [-0.39, 0.29) is 5.41 Å². The molecule has 7 rings (SSSR count). The molecule has 0 spiro atoms. The van der Waals surface area contributed by atoms with Crippen LogP contribution in [0.1, 0.15) is 82.3 Å². The molecule has 0 aromatic heterocycles. The average Bonchev–Trinajstić information content (AvgIpc) is 2.79. The molecule has 0 saturated heterocycles. The normalized spacial score (nSPS) is 36.1. The van der Waals surface area contributed by atoms with E-state index in [4.69, 9.17) is 4.99 Å². The Labute approximate surface area is 193 Å². The Balaban J connectivity index is 1.44. The van der Waals surface area contributed by atoms with E-state index in [1.54, 1.807) is 0 Å². The maximum atomic E-state index is 11.6. The third kappa shape index (κ3) is 3.60. The lowest BCUT2D eigenvalue weighted by molar-refractivity contribution is -0.00611. The molecular weight excluding hydrogens is 390 g/mol. The number of hydrogen-bond donors (Lipinski definition) is 1. The number of phenolic OH excluding ortho intramolecular Hbond substituents is 1. The fourth-order valence-corrected chi connectivity index (χ4v) is 8.09. The molecule has 0 aliphatic heterocycles. The van der Waals surface area contributed by atoms with Crippen LogP contribution >= 0.6 is 0 Å². The van der Waals surface area contributed by atoms with Gasteiger partial charge in [-0.05, 0) is 104 Å². The van der Waals surface area contributed by atoms with E-state index in [0.717, 1.165) is 23.3 Å². The summed E-state index contributed by atoms with van der Waals surface area (Å²) in [7, 11) is 0. The van der Waals surface area contributed by atoms with Crippen LogP contribution in [0.2, 0.25) is 0 Å². The van der Waals surface area contributed by atoms with Gasteiger partial charge in [0.15, 0.2) is 0 Å². The van der Waals surface area contributed by atoms with Crippen LogP contribution in [0.15, 0.2) is 47.5 Å². The summed E-state index contributed by atoms with van der Waals surface area (Å²) in [4.78, 5) is 5.03. The van der Waals surface area contributed by atoms with E-state index < -0.39 is 0 Å². The van der Waals surface area contributed by atoms with Gasteiger partial charge in [0.25, 0.3) is 0 Å². The van der Waals surface area contributed by atoms with Crippen molar-refractivity contribution in [1.29, 1.82) is 0 Å². The van der Waals surface area contributed by atoms with Gasteiger partial charge >= 0.3 is 0 Å². The molecular formula is C30H37NO. The molecule has 5 aliphatic rings. The molecule has 5 aliphatic carbocycles. The van der Waals surface area contributed by atoms with Crippen LogP contribution in [-0.2, 0) is 5.41 Å². The highest BCUT2D eigenvalue weighted by molar-refractivity contribution is 5.87. The predicted octanol–water partition coefficient (Wildman–Crippen LogP) is 7.52. The van der Waals surface area contributed by atoms with Gasteiger partial charge in [0.2, 0.25) is 0 Å². The minimum absolute atomic E-state index is 0.171. The zero-order chi connectivity index (χ0) is 21.7. The van der Waals surface area contributed by atoms with Gasteiger partial charge in [-0.3, -0.25) is 4.99 Å². The van der Waals surface area contributed by atoms with E-state index in [2.05, 4.69) is 49.4 Å². The Hall–Kier alpha value is -2.09. The van der Waals surface area contributed by atoms with Crippen LogP contribution in [0.25, 0.3) is 11.1 Å². The second kappa shape index (κ2) is 8.04. The van der Waals surface area contributed by atoms with Gasteiger partial charge in [0.1, 0.15) is 5.75 Å². The van der Waals surface area contributed by atoms with Crippen LogP contribution in [0, 0.1) is 23.7 Å². The van der Waals surface area contributed by atoms with Gasteiger partial charge in [-0.1, -0.05) is 50.1 Å². The number of phenols is 1. The highest BCUT2D eigenvalue weighted by Crippen LogP contribution is 2.62. The summed E-state index contributed by atoms with van der Waals surface area (Å²) < 4.78 is 0. The average molecular weight is 428 g/mol. The van der Waals surface area contributed by atoms with Crippen molar-refractivity contribution in [3.8, 4) is 16.9 Å². The lowest BCUT2D eigenvalue weighted by Gasteiger charge is -2.57. The second-order valence-corrected chi connectivity index (χ2v) is 11.6. The maximum absolute atomic E-state index is 11.6. The van der Waals surface area contributed by atoms with Crippen molar-refractivity contribution in [3.05, 3.63) is 53.6 Å².